The Labute approximate surface area is 110 Å². The van der Waals surface area contributed by atoms with Gasteiger partial charge in [0, 0.05) is 12.6 Å². The molecule has 1 aromatic rings. The predicted octanol–water partition coefficient (Wildman–Crippen LogP) is 3.35. The number of hydrogen-bond acceptors (Lipinski definition) is 5. The van der Waals surface area contributed by atoms with Gasteiger partial charge in [0.05, 0.1) is 15.9 Å². The van der Waals surface area contributed by atoms with E-state index in [0.29, 0.717) is 12.2 Å². The van der Waals surface area contributed by atoms with Crippen molar-refractivity contribution in [3.8, 4) is 0 Å². The molecule has 1 aromatic carbocycles. The van der Waals surface area contributed by atoms with Crippen molar-refractivity contribution in [1.29, 1.82) is 0 Å². The van der Waals surface area contributed by atoms with Crippen molar-refractivity contribution >= 4 is 17.1 Å². The fourth-order valence-electron chi connectivity index (χ4n) is 1.39. The van der Waals surface area contributed by atoms with Crippen LogP contribution >= 0.6 is 0 Å². The normalized spacial score (nSPS) is 11.1. The maximum atomic E-state index is 10.9. The summed E-state index contributed by atoms with van der Waals surface area (Å²) in [4.78, 5) is 20.3. The molecule has 0 amide bonds. The number of anilines is 1. The number of nitro benzene ring substituents is 2. The van der Waals surface area contributed by atoms with Gasteiger partial charge in [-0.1, -0.05) is 20.8 Å². The number of nitrogens with one attached hydrogen (secondary N) is 1. The van der Waals surface area contributed by atoms with Gasteiger partial charge >= 0.3 is 0 Å². The number of rotatable bonds is 6. The van der Waals surface area contributed by atoms with Crippen LogP contribution in [0.4, 0.5) is 17.1 Å². The van der Waals surface area contributed by atoms with Crippen LogP contribution in [0.15, 0.2) is 18.2 Å². The molecule has 0 aromatic heterocycles. The maximum absolute atomic E-state index is 10.9. The molecule has 7 heteroatoms. The molecule has 0 spiro atoms. The highest BCUT2D eigenvalue weighted by Gasteiger charge is 2.21. The third-order valence-corrected chi connectivity index (χ3v) is 3.10. The quantitative estimate of drug-likeness (QED) is 0.629. The molecule has 0 bridgehead atoms. The van der Waals surface area contributed by atoms with E-state index in [1.807, 2.05) is 20.8 Å². The molecule has 0 radical (unpaired) electrons. The molecular formula is C12H17N3O4. The Morgan fingerprint density at radius 2 is 1.84 bits per heavy atom. The Kier molecular flexibility index (Phi) is 4.42. The number of nitrogens with zero attached hydrogens (tertiary/aromatic N) is 2. The van der Waals surface area contributed by atoms with Crippen LogP contribution in [0.5, 0.6) is 0 Å². The summed E-state index contributed by atoms with van der Waals surface area (Å²) < 4.78 is 0. The van der Waals surface area contributed by atoms with Crippen LogP contribution in [0.25, 0.3) is 0 Å². The summed E-state index contributed by atoms with van der Waals surface area (Å²) in [6.45, 7) is 6.67. The van der Waals surface area contributed by atoms with Crippen molar-refractivity contribution in [3.63, 3.8) is 0 Å². The van der Waals surface area contributed by atoms with Crippen LogP contribution in [0.1, 0.15) is 27.2 Å². The predicted molar refractivity (Wildman–Crippen MR) is 72.3 cm³/mol. The second-order valence-corrected chi connectivity index (χ2v) is 5.09. The van der Waals surface area contributed by atoms with E-state index in [9.17, 15) is 20.2 Å². The standard InChI is InChI=1S/C12H17N3O4/c1-4-12(2,3)8-13-10-6-5-9(14(16)17)7-11(10)15(18)19/h5-7,13H,4,8H2,1-3H3. The zero-order valence-corrected chi connectivity index (χ0v) is 11.2. The first-order valence-electron chi connectivity index (χ1n) is 5.93. The van der Waals surface area contributed by atoms with Gasteiger partial charge in [-0.15, -0.1) is 0 Å². The van der Waals surface area contributed by atoms with Crippen LogP contribution in [-0.4, -0.2) is 16.4 Å². The van der Waals surface area contributed by atoms with Gasteiger partial charge < -0.3 is 5.32 Å². The highest BCUT2D eigenvalue weighted by Crippen LogP contribution is 2.30. The molecular weight excluding hydrogens is 250 g/mol. The minimum atomic E-state index is -0.646. The molecule has 104 valence electrons. The van der Waals surface area contributed by atoms with E-state index in [-0.39, 0.29) is 16.8 Å². The van der Waals surface area contributed by atoms with Crippen molar-refractivity contribution in [3.05, 3.63) is 38.4 Å². The molecule has 0 aliphatic carbocycles. The van der Waals surface area contributed by atoms with E-state index in [4.69, 9.17) is 0 Å². The molecule has 0 atom stereocenters. The van der Waals surface area contributed by atoms with E-state index >= 15 is 0 Å². The van der Waals surface area contributed by atoms with Crippen LogP contribution in [-0.2, 0) is 0 Å². The molecule has 0 unspecified atom stereocenters. The number of hydrogen-bond donors (Lipinski definition) is 1. The zero-order valence-electron chi connectivity index (χ0n) is 11.2. The van der Waals surface area contributed by atoms with Gasteiger partial charge in [-0.2, -0.15) is 0 Å². The summed E-state index contributed by atoms with van der Waals surface area (Å²) in [5.74, 6) is 0. The minimum Gasteiger partial charge on any atom is -0.379 e. The lowest BCUT2D eigenvalue weighted by Gasteiger charge is -2.23. The van der Waals surface area contributed by atoms with E-state index in [2.05, 4.69) is 5.32 Å². The number of non-ortho nitro benzene ring substituents is 1. The zero-order chi connectivity index (χ0) is 14.6. The lowest BCUT2D eigenvalue weighted by atomic mass is 9.90. The molecule has 0 aliphatic heterocycles. The number of benzene rings is 1. The second-order valence-electron chi connectivity index (χ2n) is 5.09. The molecule has 1 N–H and O–H groups in total. The minimum absolute atomic E-state index is 0.00432. The first-order valence-corrected chi connectivity index (χ1v) is 5.93. The molecule has 0 heterocycles. The van der Waals surface area contributed by atoms with Crippen LogP contribution in [0.2, 0.25) is 0 Å². The first kappa shape index (κ1) is 14.9. The number of nitro groups is 2. The Balaban J connectivity index is 3.01. The molecule has 0 fully saturated rings. The second kappa shape index (κ2) is 5.64. The summed E-state index contributed by atoms with van der Waals surface area (Å²) in [5, 5.41) is 24.5. The Hall–Kier alpha value is -2.18. The van der Waals surface area contributed by atoms with Gasteiger partial charge in [0.25, 0.3) is 11.4 Å². The van der Waals surface area contributed by atoms with Crippen molar-refractivity contribution < 1.29 is 9.85 Å². The Morgan fingerprint density at radius 3 is 2.32 bits per heavy atom. The van der Waals surface area contributed by atoms with Crippen LogP contribution < -0.4 is 5.32 Å². The topological polar surface area (TPSA) is 98.3 Å². The largest absolute Gasteiger partial charge is 0.379 e. The average molecular weight is 267 g/mol. The summed E-state index contributed by atoms with van der Waals surface area (Å²) in [6, 6.07) is 3.61. The lowest BCUT2D eigenvalue weighted by molar-refractivity contribution is -0.393. The van der Waals surface area contributed by atoms with Gasteiger partial charge in [-0.3, -0.25) is 20.2 Å². The van der Waals surface area contributed by atoms with Crippen molar-refractivity contribution in [1.82, 2.24) is 0 Å². The third kappa shape index (κ3) is 3.90. The molecule has 0 saturated carbocycles. The molecule has 0 aliphatic rings. The van der Waals surface area contributed by atoms with E-state index in [1.54, 1.807) is 0 Å². The van der Waals surface area contributed by atoms with Gasteiger partial charge in [-0.25, -0.2) is 0 Å². The van der Waals surface area contributed by atoms with Crippen molar-refractivity contribution in [2.45, 2.75) is 27.2 Å². The highest BCUT2D eigenvalue weighted by molar-refractivity contribution is 5.65. The molecule has 0 saturated heterocycles. The lowest BCUT2D eigenvalue weighted by Crippen LogP contribution is -2.22. The van der Waals surface area contributed by atoms with Crippen LogP contribution in [0, 0.1) is 25.6 Å². The fraction of sp³-hybridized carbons (Fsp3) is 0.500. The van der Waals surface area contributed by atoms with Gasteiger partial charge in [0.1, 0.15) is 5.69 Å². The highest BCUT2D eigenvalue weighted by atomic mass is 16.6. The molecule has 7 nitrogen and oxygen atoms in total. The summed E-state index contributed by atoms with van der Waals surface area (Å²) in [5.41, 5.74) is -0.263. The Morgan fingerprint density at radius 1 is 1.21 bits per heavy atom. The molecule has 19 heavy (non-hydrogen) atoms. The third-order valence-electron chi connectivity index (χ3n) is 3.10. The average Bonchev–Trinajstić information content (AvgIpc) is 2.36. The monoisotopic (exact) mass is 267 g/mol. The van der Waals surface area contributed by atoms with Gasteiger partial charge in [-0.05, 0) is 17.9 Å². The van der Waals surface area contributed by atoms with E-state index in [1.165, 1.54) is 12.1 Å². The summed E-state index contributed by atoms with van der Waals surface area (Å²) in [7, 11) is 0. The first-order chi connectivity index (χ1) is 8.76. The van der Waals surface area contributed by atoms with Gasteiger partial charge in [0.15, 0.2) is 0 Å². The van der Waals surface area contributed by atoms with Crippen molar-refractivity contribution in [2.75, 3.05) is 11.9 Å². The van der Waals surface area contributed by atoms with Gasteiger partial charge in [0.2, 0.25) is 0 Å². The Bertz CT molecular complexity index is 500. The summed E-state index contributed by atoms with van der Waals surface area (Å²) >= 11 is 0. The van der Waals surface area contributed by atoms with Crippen molar-refractivity contribution in [2.24, 2.45) is 5.41 Å². The smallest absolute Gasteiger partial charge is 0.299 e. The van der Waals surface area contributed by atoms with E-state index < -0.39 is 9.85 Å². The summed E-state index contributed by atoms with van der Waals surface area (Å²) in [6.07, 6.45) is 0.917. The SMILES string of the molecule is CCC(C)(C)CNc1ccc([N+](=O)[O-])cc1[N+](=O)[O-]. The maximum Gasteiger partial charge on any atom is 0.299 e. The fourth-order valence-corrected chi connectivity index (χ4v) is 1.39. The molecule has 1 rings (SSSR count). The van der Waals surface area contributed by atoms with Crippen LogP contribution in [0.3, 0.4) is 0 Å². The van der Waals surface area contributed by atoms with E-state index in [0.717, 1.165) is 12.5 Å².